The monoisotopic (exact) mass is 455 g/mol. The molecule has 0 spiro atoms. The molecule has 2 nitrogen and oxygen atoms in total. The van der Waals surface area contributed by atoms with E-state index in [2.05, 4.69) is 79.7 Å². The summed E-state index contributed by atoms with van der Waals surface area (Å²) in [6, 6.07) is 40.9. The fourth-order valence-electron chi connectivity index (χ4n) is 4.35. The predicted octanol–water partition coefficient (Wildman–Crippen LogP) is 5.58. The minimum Gasteiger partial charge on any atom is -0.297 e. The molecule has 0 fully saturated rings. The lowest BCUT2D eigenvalue weighted by atomic mass is 10.1. The van der Waals surface area contributed by atoms with Crippen molar-refractivity contribution < 1.29 is 4.57 Å². The molecule has 0 aliphatic rings. The van der Waals surface area contributed by atoms with Crippen molar-refractivity contribution >= 4 is 31.2 Å². The molecule has 1 atom stereocenters. The topological polar surface area (TPSA) is 29.1 Å². The Morgan fingerprint density at radius 2 is 1.00 bits per heavy atom. The molecule has 0 aliphatic carbocycles. The number of hydrogen-bond donors (Lipinski definition) is 1. The molecule has 0 saturated heterocycles. The molecule has 0 heterocycles. The third kappa shape index (κ3) is 4.04. The van der Waals surface area contributed by atoms with Crippen molar-refractivity contribution in [2.45, 2.75) is 25.2 Å². The summed E-state index contributed by atoms with van der Waals surface area (Å²) in [5, 5.41) is 6.30. The van der Waals surface area contributed by atoms with Crippen molar-refractivity contribution in [2.75, 3.05) is 0 Å². The molecule has 4 heteroatoms. The van der Waals surface area contributed by atoms with Gasteiger partial charge in [0.05, 0.1) is 0 Å². The lowest BCUT2D eigenvalue weighted by Gasteiger charge is -2.46. The van der Waals surface area contributed by atoms with E-state index in [0.29, 0.717) is 0 Å². The Bertz CT molecular complexity index is 1150. The van der Waals surface area contributed by atoms with Gasteiger partial charge in [0, 0.05) is 15.8 Å². The Labute approximate surface area is 192 Å². The maximum Gasteiger partial charge on any atom is 0.205 e. The first-order valence-corrected chi connectivity index (χ1v) is 15.7. The average molecular weight is 456 g/mol. The van der Waals surface area contributed by atoms with E-state index in [0.717, 1.165) is 16.2 Å². The zero-order chi connectivity index (χ0) is 22.7. The van der Waals surface area contributed by atoms with Gasteiger partial charge in [-0.2, -0.15) is 0 Å². The first-order chi connectivity index (χ1) is 15.4. The summed E-state index contributed by atoms with van der Waals surface area (Å²) in [4.78, 5) is 0. The highest BCUT2D eigenvalue weighted by Gasteiger charge is 2.49. The van der Waals surface area contributed by atoms with E-state index in [9.17, 15) is 4.57 Å². The molecule has 0 aliphatic heterocycles. The molecule has 162 valence electrons. The molecule has 4 aromatic carbocycles. The second-order valence-electron chi connectivity index (χ2n) is 8.87. The fourth-order valence-corrected chi connectivity index (χ4v) is 10.9. The fraction of sp³-hybridized carbons (Fsp3) is 0.143. The van der Waals surface area contributed by atoms with Gasteiger partial charge in [0.25, 0.3) is 0 Å². The van der Waals surface area contributed by atoms with Crippen LogP contribution in [0.3, 0.4) is 0 Å². The van der Waals surface area contributed by atoms with Crippen LogP contribution in [0.15, 0.2) is 121 Å². The third-order valence-corrected chi connectivity index (χ3v) is 14.4. The van der Waals surface area contributed by atoms with Gasteiger partial charge in [0.15, 0.2) is 0 Å². The van der Waals surface area contributed by atoms with E-state index in [1.807, 2.05) is 66.7 Å². The lowest BCUT2D eigenvalue weighted by molar-refractivity contribution is 0.546. The molecule has 0 radical (unpaired) electrons. The summed E-state index contributed by atoms with van der Waals surface area (Å²) in [6.45, 7) is 6.96. The Morgan fingerprint density at radius 1 is 0.625 bits per heavy atom. The molecule has 32 heavy (non-hydrogen) atoms. The molecular formula is C28H30NOPSi. The number of rotatable bonds is 7. The molecule has 0 bridgehead atoms. The summed E-state index contributed by atoms with van der Waals surface area (Å²) in [5.41, 5.74) is 1.16. The first-order valence-electron chi connectivity index (χ1n) is 11.0. The summed E-state index contributed by atoms with van der Waals surface area (Å²) >= 11 is 0. The highest BCUT2D eigenvalue weighted by molar-refractivity contribution is 7.77. The van der Waals surface area contributed by atoms with Gasteiger partial charge in [-0.3, -0.25) is 9.65 Å². The smallest absolute Gasteiger partial charge is 0.205 e. The standard InChI is InChI=1S/C28H30NOPSi/c1-28(24-16-8-4-9-17-24,32(2,3)27-22-14-7-15-23-27)29-31(30,25-18-10-5-11-19-25)26-20-12-6-13-21-26/h4-23H,1-3H3,(H,29,30). The van der Waals surface area contributed by atoms with E-state index in [1.54, 1.807) is 0 Å². The van der Waals surface area contributed by atoms with Crippen LogP contribution < -0.4 is 20.9 Å². The molecule has 1 N–H and O–H groups in total. The van der Waals surface area contributed by atoms with Crippen molar-refractivity contribution in [1.82, 2.24) is 5.09 Å². The van der Waals surface area contributed by atoms with Gasteiger partial charge in [-0.1, -0.05) is 115 Å². The highest BCUT2D eigenvalue weighted by atomic mass is 31.2. The van der Waals surface area contributed by atoms with Crippen LogP contribution >= 0.6 is 7.29 Å². The summed E-state index contributed by atoms with van der Waals surface area (Å²) in [7, 11) is -5.38. The molecule has 4 aromatic rings. The quantitative estimate of drug-likeness (QED) is 0.291. The Morgan fingerprint density at radius 3 is 1.44 bits per heavy atom. The number of hydrogen-bond acceptors (Lipinski definition) is 1. The van der Waals surface area contributed by atoms with Gasteiger partial charge >= 0.3 is 0 Å². The zero-order valence-corrected chi connectivity index (χ0v) is 20.8. The van der Waals surface area contributed by atoms with Crippen LogP contribution in [0.25, 0.3) is 0 Å². The van der Waals surface area contributed by atoms with Gasteiger partial charge in [0.1, 0.15) is 8.07 Å². The van der Waals surface area contributed by atoms with Gasteiger partial charge < -0.3 is 0 Å². The van der Waals surface area contributed by atoms with Crippen LogP contribution in [0.4, 0.5) is 0 Å². The molecule has 0 saturated carbocycles. The summed E-state index contributed by atoms with van der Waals surface area (Å²) in [6.07, 6.45) is 0. The van der Waals surface area contributed by atoms with Crippen LogP contribution in [0.2, 0.25) is 13.1 Å². The Kier molecular flexibility index (Phi) is 6.35. The largest absolute Gasteiger partial charge is 0.297 e. The maximum atomic E-state index is 15.0. The van der Waals surface area contributed by atoms with Gasteiger partial charge in [-0.25, -0.2) is 0 Å². The molecule has 0 aromatic heterocycles. The van der Waals surface area contributed by atoms with Gasteiger partial charge in [-0.05, 0) is 36.8 Å². The second-order valence-corrected chi connectivity index (χ2v) is 16.2. The van der Waals surface area contributed by atoms with Crippen LogP contribution in [-0.4, -0.2) is 8.07 Å². The van der Waals surface area contributed by atoms with E-state index >= 15 is 0 Å². The predicted molar refractivity (Wildman–Crippen MR) is 140 cm³/mol. The zero-order valence-electron chi connectivity index (χ0n) is 18.9. The van der Waals surface area contributed by atoms with Crippen molar-refractivity contribution in [3.8, 4) is 0 Å². The average Bonchev–Trinajstić information content (AvgIpc) is 2.86. The Hall–Kier alpha value is -2.71. The van der Waals surface area contributed by atoms with E-state index in [1.165, 1.54) is 5.19 Å². The van der Waals surface area contributed by atoms with E-state index in [-0.39, 0.29) is 0 Å². The van der Waals surface area contributed by atoms with Crippen LogP contribution in [0, 0.1) is 0 Å². The van der Waals surface area contributed by atoms with Crippen LogP contribution in [0.5, 0.6) is 0 Å². The molecule has 4 rings (SSSR count). The summed E-state index contributed by atoms with van der Waals surface area (Å²) < 4.78 is 15.0. The normalized spacial score (nSPS) is 14.0. The van der Waals surface area contributed by atoms with Crippen LogP contribution in [0.1, 0.15) is 12.5 Å². The molecule has 0 amide bonds. The first kappa shape index (κ1) is 22.5. The lowest BCUT2D eigenvalue weighted by Crippen LogP contribution is -2.65. The second kappa shape index (κ2) is 9.03. The van der Waals surface area contributed by atoms with Crippen LogP contribution in [-0.2, 0) is 9.73 Å². The third-order valence-electron chi connectivity index (χ3n) is 6.72. The minimum absolute atomic E-state index is 0.489. The van der Waals surface area contributed by atoms with Crippen molar-refractivity contribution in [1.29, 1.82) is 0 Å². The highest BCUT2D eigenvalue weighted by Crippen LogP contribution is 2.46. The van der Waals surface area contributed by atoms with Crippen molar-refractivity contribution in [2.24, 2.45) is 0 Å². The van der Waals surface area contributed by atoms with Gasteiger partial charge in [0.2, 0.25) is 7.29 Å². The maximum absolute atomic E-state index is 15.0. The van der Waals surface area contributed by atoms with Crippen molar-refractivity contribution in [3.05, 3.63) is 127 Å². The number of nitrogens with one attached hydrogen (secondary N) is 1. The Balaban J connectivity index is 1.94. The van der Waals surface area contributed by atoms with Crippen molar-refractivity contribution in [3.63, 3.8) is 0 Å². The summed E-state index contributed by atoms with van der Waals surface area (Å²) in [5.74, 6) is 0. The van der Waals surface area contributed by atoms with E-state index < -0.39 is 20.5 Å². The SMILES string of the molecule is CC(NP(=O)(c1ccccc1)c1ccccc1)(c1ccccc1)[Si](C)(C)c1ccccc1. The van der Waals surface area contributed by atoms with Gasteiger partial charge in [-0.15, -0.1) is 0 Å². The van der Waals surface area contributed by atoms with E-state index in [4.69, 9.17) is 0 Å². The number of benzene rings is 4. The molecule has 1 unspecified atom stereocenters. The minimum atomic E-state index is -3.14. The molecular weight excluding hydrogens is 425 g/mol.